The van der Waals surface area contributed by atoms with Crippen LogP contribution in [0.1, 0.15) is 20.3 Å². The minimum atomic E-state index is -0.0144. The molecule has 1 atom stereocenters. The molecule has 0 aromatic heterocycles. The first-order valence-electron chi connectivity index (χ1n) is 9.23. The van der Waals surface area contributed by atoms with Gasteiger partial charge in [-0.3, -0.25) is 4.79 Å². The molecule has 0 spiro atoms. The van der Waals surface area contributed by atoms with E-state index >= 15 is 0 Å². The third-order valence-corrected chi connectivity index (χ3v) is 3.95. The van der Waals surface area contributed by atoms with Crippen LogP contribution in [0, 0.1) is 0 Å². The molecule has 0 bridgehead atoms. The number of carbonyl (C=O) groups excluding carboxylic acids is 1. The molecule has 0 saturated carbocycles. The first kappa shape index (κ1) is 20.6. The number of quaternary nitrogens is 1. The van der Waals surface area contributed by atoms with Gasteiger partial charge in [0.05, 0.1) is 26.2 Å². The van der Waals surface area contributed by atoms with Crippen LogP contribution in [0.15, 0.2) is 48.5 Å². The van der Waals surface area contributed by atoms with Crippen molar-refractivity contribution in [3.05, 3.63) is 48.5 Å². The Bertz CT molecular complexity index is 704. The van der Waals surface area contributed by atoms with Crippen LogP contribution in [-0.2, 0) is 4.79 Å². The molecule has 0 aliphatic rings. The monoisotopic (exact) mass is 373 g/mol. The second kappa shape index (κ2) is 11.1. The van der Waals surface area contributed by atoms with Crippen molar-refractivity contribution < 1.29 is 24.3 Å². The van der Waals surface area contributed by atoms with Gasteiger partial charge in [-0.2, -0.15) is 0 Å². The molecule has 6 heteroatoms. The maximum absolute atomic E-state index is 12.1. The van der Waals surface area contributed by atoms with Gasteiger partial charge < -0.3 is 24.8 Å². The SMILES string of the molecule is CCOc1ccc(OCC[NH2+][C@@H](C)CC(=O)Nc2cccc(OC)c2)cc1. The quantitative estimate of drug-likeness (QED) is 0.594. The summed E-state index contributed by atoms with van der Waals surface area (Å²) in [5.41, 5.74) is 0.741. The molecular weight excluding hydrogens is 344 g/mol. The van der Waals surface area contributed by atoms with Crippen LogP contribution in [0.2, 0.25) is 0 Å². The molecule has 2 rings (SSSR count). The molecule has 0 aliphatic heterocycles. The highest BCUT2D eigenvalue weighted by Gasteiger charge is 2.12. The molecule has 3 N–H and O–H groups in total. The number of hydrogen-bond acceptors (Lipinski definition) is 4. The van der Waals surface area contributed by atoms with Gasteiger partial charge in [-0.15, -0.1) is 0 Å². The topological polar surface area (TPSA) is 73.4 Å². The van der Waals surface area contributed by atoms with Gasteiger partial charge in [0.15, 0.2) is 0 Å². The summed E-state index contributed by atoms with van der Waals surface area (Å²) in [6.07, 6.45) is 0.431. The van der Waals surface area contributed by atoms with Crippen LogP contribution >= 0.6 is 0 Å². The van der Waals surface area contributed by atoms with Crippen LogP contribution in [0.5, 0.6) is 17.2 Å². The number of methoxy groups -OCH3 is 1. The first-order valence-corrected chi connectivity index (χ1v) is 9.23. The van der Waals surface area contributed by atoms with Crippen molar-refractivity contribution in [2.45, 2.75) is 26.3 Å². The lowest BCUT2D eigenvalue weighted by atomic mass is 10.2. The summed E-state index contributed by atoms with van der Waals surface area (Å²) in [6, 6.07) is 15.1. The highest BCUT2D eigenvalue weighted by molar-refractivity contribution is 5.91. The number of ether oxygens (including phenoxy) is 3. The first-order chi connectivity index (χ1) is 13.1. The number of carbonyl (C=O) groups is 1. The Labute approximate surface area is 160 Å². The maximum Gasteiger partial charge on any atom is 0.230 e. The fourth-order valence-electron chi connectivity index (χ4n) is 2.62. The Balaban J connectivity index is 1.65. The lowest BCUT2D eigenvalue weighted by molar-refractivity contribution is -0.685. The third-order valence-electron chi connectivity index (χ3n) is 3.95. The zero-order chi connectivity index (χ0) is 19.5. The smallest absolute Gasteiger partial charge is 0.230 e. The summed E-state index contributed by atoms with van der Waals surface area (Å²) in [7, 11) is 1.60. The van der Waals surface area contributed by atoms with Crippen molar-refractivity contribution in [2.24, 2.45) is 0 Å². The number of hydrogen-bond donors (Lipinski definition) is 2. The summed E-state index contributed by atoms with van der Waals surface area (Å²) < 4.78 is 16.3. The van der Waals surface area contributed by atoms with Crippen LogP contribution in [0.25, 0.3) is 0 Å². The van der Waals surface area contributed by atoms with E-state index in [1.165, 1.54) is 0 Å². The van der Waals surface area contributed by atoms with Crippen molar-refractivity contribution in [1.82, 2.24) is 0 Å². The van der Waals surface area contributed by atoms with E-state index in [4.69, 9.17) is 14.2 Å². The number of rotatable bonds is 11. The Hall–Kier alpha value is -2.73. The molecule has 1 amide bonds. The van der Waals surface area contributed by atoms with Crippen LogP contribution in [0.3, 0.4) is 0 Å². The zero-order valence-electron chi connectivity index (χ0n) is 16.2. The second-order valence-corrected chi connectivity index (χ2v) is 6.24. The van der Waals surface area contributed by atoms with Gasteiger partial charge in [-0.05, 0) is 50.2 Å². The molecule has 0 aliphatic carbocycles. The van der Waals surface area contributed by atoms with E-state index in [1.807, 2.05) is 56.3 Å². The molecule has 6 nitrogen and oxygen atoms in total. The van der Waals surface area contributed by atoms with Crippen LogP contribution in [0.4, 0.5) is 5.69 Å². The Morgan fingerprint density at radius 3 is 2.44 bits per heavy atom. The van der Waals surface area contributed by atoms with Crippen LogP contribution < -0.4 is 24.8 Å². The van der Waals surface area contributed by atoms with Crippen molar-refractivity contribution in [2.75, 3.05) is 32.2 Å². The van der Waals surface area contributed by atoms with Gasteiger partial charge in [-0.25, -0.2) is 0 Å². The molecule has 2 aromatic carbocycles. The molecule has 146 valence electrons. The number of amides is 1. The normalized spacial score (nSPS) is 11.5. The van der Waals surface area contributed by atoms with Gasteiger partial charge in [0.2, 0.25) is 5.91 Å². The lowest BCUT2D eigenvalue weighted by Gasteiger charge is -2.12. The molecular formula is C21H29N2O4+. The minimum absolute atomic E-state index is 0.0144. The van der Waals surface area contributed by atoms with E-state index in [0.717, 1.165) is 29.5 Å². The van der Waals surface area contributed by atoms with Crippen molar-refractivity contribution in [3.8, 4) is 17.2 Å². The summed E-state index contributed by atoms with van der Waals surface area (Å²) in [4.78, 5) is 12.1. The minimum Gasteiger partial charge on any atom is -0.497 e. The highest BCUT2D eigenvalue weighted by Crippen LogP contribution is 2.17. The number of nitrogens with two attached hydrogens (primary N) is 1. The zero-order valence-corrected chi connectivity index (χ0v) is 16.2. The highest BCUT2D eigenvalue weighted by atomic mass is 16.5. The molecule has 0 heterocycles. The van der Waals surface area contributed by atoms with Crippen LogP contribution in [-0.4, -0.2) is 38.8 Å². The largest absolute Gasteiger partial charge is 0.497 e. The standard InChI is InChI=1S/C21H28N2O4/c1-4-26-18-8-10-19(11-9-18)27-13-12-22-16(2)14-21(24)23-17-6-5-7-20(15-17)25-3/h5-11,15-16,22H,4,12-14H2,1-3H3,(H,23,24)/p+1/t16-/m0/s1. The maximum atomic E-state index is 12.1. The molecule has 0 unspecified atom stereocenters. The molecule has 0 radical (unpaired) electrons. The van der Waals surface area contributed by atoms with E-state index in [-0.39, 0.29) is 11.9 Å². The third kappa shape index (κ3) is 7.58. The average Bonchev–Trinajstić information content (AvgIpc) is 2.66. The number of nitrogens with one attached hydrogen (secondary N) is 1. The van der Waals surface area contributed by atoms with E-state index in [0.29, 0.717) is 19.6 Å². The van der Waals surface area contributed by atoms with Crippen molar-refractivity contribution >= 4 is 11.6 Å². The van der Waals surface area contributed by atoms with Gasteiger partial charge in [0.1, 0.15) is 30.4 Å². The van der Waals surface area contributed by atoms with Gasteiger partial charge >= 0.3 is 0 Å². The van der Waals surface area contributed by atoms with E-state index < -0.39 is 0 Å². The summed E-state index contributed by atoms with van der Waals surface area (Å²) in [5.74, 6) is 2.36. The average molecular weight is 373 g/mol. The van der Waals surface area contributed by atoms with Gasteiger partial charge in [-0.1, -0.05) is 6.07 Å². The van der Waals surface area contributed by atoms with E-state index in [1.54, 1.807) is 13.2 Å². The summed E-state index contributed by atoms with van der Waals surface area (Å²) >= 11 is 0. The predicted molar refractivity (Wildman–Crippen MR) is 106 cm³/mol. The number of anilines is 1. The fraction of sp³-hybridized carbons (Fsp3) is 0.381. The Kier molecular flexibility index (Phi) is 8.45. The number of benzene rings is 2. The predicted octanol–water partition coefficient (Wildman–Crippen LogP) is 2.45. The Morgan fingerprint density at radius 2 is 1.78 bits per heavy atom. The van der Waals surface area contributed by atoms with E-state index in [2.05, 4.69) is 10.6 Å². The lowest BCUT2D eigenvalue weighted by Crippen LogP contribution is -2.90. The molecule has 0 saturated heterocycles. The van der Waals surface area contributed by atoms with E-state index in [9.17, 15) is 4.79 Å². The second-order valence-electron chi connectivity index (χ2n) is 6.24. The van der Waals surface area contributed by atoms with Gasteiger partial charge in [0.25, 0.3) is 0 Å². The molecule has 27 heavy (non-hydrogen) atoms. The van der Waals surface area contributed by atoms with Crippen molar-refractivity contribution in [1.29, 1.82) is 0 Å². The summed E-state index contributed by atoms with van der Waals surface area (Å²) in [6.45, 7) is 6.00. The molecule has 0 fully saturated rings. The molecule has 2 aromatic rings. The summed E-state index contributed by atoms with van der Waals surface area (Å²) in [5, 5.41) is 5.01. The Morgan fingerprint density at radius 1 is 1.07 bits per heavy atom. The van der Waals surface area contributed by atoms with Crippen molar-refractivity contribution in [3.63, 3.8) is 0 Å². The van der Waals surface area contributed by atoms with Gasteiger partial charge in [0, 0.05) is 11.8 Å². The fourth-order valence-corrected chi connectivity index (χ4v) is 2.62.